The predicted molar refractivity (Wildman–Crippen MR) is 86.1 cm³/mol. The first kappa shape index (κ1) is 14.3. The first-order valence-corrected chi connectivity index (χ1v) is 7.01. The lowest BCUT2D eigenvalue weighted by Crippen LogP contribution is -2.27. The van der Waals surface area contributed by atoms with Gasteiger partial charge >= 0.3 is 0 Å². The van der Waals surface area contributed by atoms with Gasteiger partial charge in [0.15, 0.2) is 0 Å². The molecular formula is C16H12ClN3O2. The van der Waals surface area contributed by atoms with Gasteiger partial charge in [0.2, 0.25) is 5.91 Å². The summed E-state index contributed by atoms with van der Waals surface area (Å²) in [6.45, 7) is -0.108. The van der Waals surface area contributed by atoms with Crippen molar-refractivity contribution in [3.63, 3.8) is 0 Å². The highest BCUT2D eigenvalue weighted by Crippen LogP contribution is 2.14. The van der Waals surface area contributed by atoms with Gasteiger partial charge in [-0.3, -0.25) is 14.2 Å². The molecule has 3 rings (SSSR count). The number of fused-ring (bicyclic) bond motifs is 1. The average molecular weight is 314 g/mol. The van der Waals surface area contributed by atoms with Crippen LogP contribution in [0.1, 0.15) is 0 Å². The predicted octanol–water partition coefficient (Wildman–Crippen LogP) is 2.69. The van der Waals surface area contributed by atoms with Gasteiger partial charge in [-0.15, -0.1) is 0 Å². The van der Waals surface area contributed by atoms with Gasteiger partial charge in [0, 0.05) is 10.7 Å². The minimum atomic E-state index is -0.318. The zero-order valence-electron chi connectivity index (χ0n) is 11.5. The van der Waals surface area contributed by atoms with Crippen molar-refractivity contribution < 1.29 is 4.79 Å². The van der Waals surface area contributed by atoms with E-state index in [1.807, 2.05) is 6.07 Å². The van der Waals surface area contributed by atoms with Gasteiger partial charge < -0.3 is 5.32 Å². The molecule has 1 N–H and O–H groups in total. The van der Waals surface area contributed by atoms with Crippen LogP contribution in [0.5, 0.6) is 0 Å². The van der Waals surface area contributed by atoms with Gasteiger partial charge in [-0.2, -0.15) is 0 Å². The summed E-state index contributed by atoms with van der Waals surface area (Å²) in [5.74, 6) is -0.318. The largest absolute Gasteiger partial charge is 0.324 e. The third-order valence-corrected chi connectivity index (χ3v) is 3.39. The van der Waals surface area contributed by atoms with Crippen LogP contribution >= 0.6 is 11.6 Å². The number of aromatic nitrogens is 2. The highest BCUT2D eigenvalue weighted by molar-refractivity contribution is 6.30. The monoisotopic (exact) mass is 313 g/mol. The Balaban J connectivity index is 1.82. The zero-order chi connectivity index (χ0) is 15.5. The molecule has 1 heterocycles. The van der Waals surface area contributed by atoms with E-state index in [2.05, 4.69) is 10.3 Å². The minimum Gasteiger partial charge on any atom is -0.324 e. The van der Waals surface area contributed by atoms with Crippen molar-refractivity contribution in [3.8, 4) is 0 Å². The molecule has 0 bridgehead atoms. The number of nitrogens with one attached hydrogen (secondary N) is 1. The number of benzene rings is 2. The number of carbonyl (C=O) groups excluding carboxylic acids is 1. The number of hydrogen-bond acceptors (Lipinski definition) is 3. The lowest BCUT2D eigenvalue weighted by atomic mass is 10.2. The molecule has 0 saturated carbocycles. The average Bonchev–Trinajstić information content (AvgIpc) is 2.50. The van der Waals surface area contributed by atoms with Crippen LogP contribution < -0.4 is 10.9 Å². The number of amides is 1. The molecule has 0 unspecified atom stereocenters. The van der Waals surface area contributed by atoms with Gasteiger partial charge in [-0.25, -0.2) is 4.98 Å². The molecule has 0 aliphatic carbocycles. The molecule has 0 atom stereocenters. The van der Waals surface area contributed by atoms with Crippen LogP contribution in [0.3, 0.4) is 0 Å². The Kier molecular flexibility index (Phi) is 3.89. The first-order valence-electron chi connectivity index (χ1n) is 6.63. The molecule has 1 amide bonds. The standard InChI is InChI=1S/C16H12ClN3O2/c17-11-4-3-5-12(8-11)19-15(21)9-20-10-18-14-7-2-1-6-13(14)16(20)22/h1-8,10H,9H2,(H,19,21). The van der Waals surface area contributed by atoms with E-state index in [9.17, 15) is 9.59 Å². The number of carbonyl (C=O) groups is 1. The SMILES string of the molecule is O=C(Cn1cnc2ccccc2c1=O)Nc1cccc(Cl)c1. The molecule has 110 valence electrons. The van der Waals surface area contributed by atoms with Gasteiger partial charge in [-0.05, 0) is 30.3 Å². The summed E-state index contributed by atoms with van der Waals surface area (Å²) in [5.41, 5.74) is 0.949. The lowest BCUT2D eigenvalue weighted by Gasteiger charge is -2.08. The molecule has 0 radical (unpaired) electrons. The Morgan fingerprint density at radius 2 is 2.00 bits per heavy atom. The molecular weight excluding hydrogens is 302 g/mol. The van der Waals surface area contributed by atoms with E-state index >= 15 is 0 Å². The lowest BCUT2D eigenvalue weighted by molar-refractivity contribution is -0.116. The summed E-state index contributed by atoms with van der Waals surface area (Å²) in [6.07, 6.45) is 1.38. The quantitative estimate of drug-likeness (QED) is 0.808. The van der Waals surface area contributed by atoms with Crippen LogP contribution in [0.2, 0.25) is 5.02 Å². The zero-order valence-corrected chi connectivity index (χ0v) is 12.2. The summed E-state index contributed by atoms with van der Waals surface area (Å²) in [4.78, 5) is 28.5. The maximum Gasteiger partial charge on any atom is 0.261 e. The van der Waals surface area contributed by atoms with Gasteiger partial charge in [0.05, 0.1) is 17.2 Å². The van der Waals surface area contributed by atoms with E-state index < -0.39 is 0 Å². The highest BCUT2D eigenvalue weighted by Gasteiger charge is 2.08. The van der Waals surface area contributed by atoms with Crippen LogP contribution in [0.25, 0.3) is 10.9 Å². The van der Waals surface area contributed by atoms with Crippen LogP contribution in [-0.2, 0) is 11.3 Å². The van der Waals surface area contributed by atoms with Gasteiger partial charge in [0.1, 0.15) is 6.54 Å². The van der Waals surface area contributed by atoms with E-state index in [-0.39, 0.29) is 18.0 Å². The summed E-state index contributed by atoms with van der Waals surface area (Å²) >= 11 is 5.86. The van der Waals surface area contributed by atoms with Crippen molar-refractivity contribution in [3.05, 3.63) is 70.2 Å². The molecule has 22 heavy (non-hydrogen) atoms. The number of nitrogens with zero attached hydrogens (tertiary/aromatic N) is 2. The van der Waals surface area contributed by atoms with Crippen LogP contribution in [0.4, 0.5) is 5.69 Å². The normalized spacial score (nSPS) is 10.6. The van der Waals surface area contributed by atoms with Crippen molar-refractivity contribution in [2.75, 3.05) is 5.32 Å². The first-order chi connectivity index (χ1) is 10.6. The fourth-order valence-corrected chi connectivity index (χ4v) is 2.33. The summed E-state index contributed by atoms with van der Waals surface area (Å²) in [6, 6.07) is 13.8. The van der Waals surface area contributed by atoms with E-state index in [0.29, 0.717) is 21.6 Å². The third kappa shape index (κ3) is 2.99. The van der Waals surface area contributed by atoms with Crippen molar-refractivity contribution in [1.29, 1.82) is 0 Å². The molecule has 5 nitrogen and oxygen atoms in total. The second-order valence-electron chi connectivity index (χ2n) is 4.75. The summed E-state index contributed by atoms with van der Waals surface area (Å²) in [7, 11) is 0. The van der Waals surface area contributed by atoms with Crippen LogP contribution in [-0.4, -0.2) is 15.5 Å². The van der Waals surface area contributed by atoms with Crippen molar-refractivity contribution in [2.45, 2.75) is 6.54 Å². The number of anilines is 1. The minimum absolute atomic E-state index is 0.108. The molecule has 3 aromatic rings. The smallest absolute Gasteiger partial charge is 0.261 e. The molecule has 0 aliphatic rings. The maximum atomic E-state index is 12.3. The maximum absolute atomic E-state index is 12.3. The summed E-state index contributed by atoms with van der Waals surface area (Å²) in [5, 5.41) is 3.71. The van der Waals surface area contributed by atoms with Gasteiger partial charge in [-0.1, -0.05) is 29.8 Å². The Morgan fingerprint density at radius 1 is 1.18 bits per heavy atom. The van der Waals surface area contributed by atoms with Crippen LogP contribution in [0, 0.1) is 0 Å². The van der Waals surface area contributed by atoms with Crippen molar-refractivity contribution in [1.82, 2.24) is 9.55 Å². The highest BCUT2D eigenvalue weighted by atomic mass is 35.5. The molecule has 2 aromatic carbocycles. The fourth-order valence-electron chi connectivity index (χ4n) is 2.14. The van der Waals surface area contributed by atoms with E-state index in [4.69, 9.17) is 11.6 Å². The van der Waals surface area contributed by atoms with Gasteiger partial charge in [0.25, 0.3) is 5.56 Å². The molecule has 0 spiro atoms. The topological polar surface area (TPSA) is 64.0 Å². The number of rotatable bonds is 3. The van der Waals surface area contributed by atoms with Crippen LogP contribution in [0.15, 0.2) is 59.7 Å². The van der Waals surface area contributed by atoms with Crippen molar-refractivity contribution in [2.24, 2.45) is 0 Å². The molecule has 0 fully saturated rings. The molecule has 0 aliphatic heterocycles. The fraction of sp³-hybridized carbons (Fsp3) is 0.0625. The summed E-state index contributed by atoms with van der Waals surface area (Å²) < 4.78 is 1.28. The molecule has 1 aromatic heterocycles. The van der Waals surface area contributed by atoms with E-state index in [1.54, 1.807) is 42.5 Å². The van der Waals surface area contributed by atoms with Crippen molar-refractivity contribution >= 4 is 34.1 Å². The number of halogens is 1. The Bertz CT molecular complexity index is 905. The molecule has 0 saturated heterocycles. The third-order valence-electron chi connectivity index (χ3n) is 3.15. The second-order valence-corrected chi connectivity index (χ2v) is 5.19. The Morgan fingerprint density at radius 3 is 2.82 bits per heavy atom. The Hall–Kier alpha value is -2.66. The second kappa shape index (κ2) is 5.99. The Labute approximate surface area is 131 Å². The van der Waals surface area contributed by atoms with E-state index in [0.717, 1.165) is 0 Å². The van der Waals surface area contributed by atoms with E-state index in [1.165, 1.54) is 10.9 Å². The number of para-hydroxylation sites is 1. The number of hydrogen-bond donors (Lipinski definition) is 1. The molecule has 6 heteroatoms.